The Morgan fingerprint density at radius 1 is 1.50 bits per heavy atom. The van der Waals surface area contributed by atoms with Gasteiger partial charge in [-0.15, -0.1) is 11.8 Å². The van der Waals surface area contributed by atoms with Crippen molar-refractivity contribution in [3.05, 3.63) is 12.5 Å². The predicted octanol–water partition coefficient (Wildman–Crippen LogP) is 2.30. The molecule has 1 aromatic heterocycles. The van der Waals surface area contributed by atoms with Gasteiger partial charge in [-0.2, -0.15) is 0 Å². The fourth-order valence-electron chi connectivity index (χ4n) is 1.19. The van der Waals surface area contributed by atoms with Crippen LogP contribution in [0.25, 0.3) is 0 Å². The van der Waals surface area contributed by atoms with E-state index in [1.165, 1.54) is 0 Å². The largest absolute Gasteiger partial charge is 0.396 e. The summed E-state index contributed by atoms with van der Waals surface area (Å²) in [6.07, 6.45) is 5.51. The van der Waals surface area contributed by atoms with Gasteiger partial charge in [0.1, 0.15) is 0 Å². The zero-order chi connectivity index (χ0) is 10.4. The molecule has 0 radical (unpaired) electrons. The Balaban J connectivity index is 2.20. The number of hydrogen-bond donors (Lipinski definition) is 2. The summed E-state index contributed by atoms with van der Waals surface area (Å²) in [5, 5.41) is 9.98. The van der Waals surface area contributed by atoms with Gasteiger partial charge < -0.3 is 10.1 Å². The normalized spacial score (nSPS) is 11.9. The Hall–Kier alpha value is -0.480. The van der Waals surface area contributed by atoms with Gasteiger partial charge in [-0.1, -0.05) is 13.8 Å². The lowest BCUT2D eigenvalue weighted by Crippen LogP contribution is -2.14. The molecule has 1 aromatic rings. The van der Waals surface area contributed by atoms with Crippen molar-refractivity contribution < 1.29 is 5.11 Å². The van der Waals surface area contributed by atoms with E-state index >= 15 is 0 Å². The maximum atomic E-state index is 8.86. The SMILES string of the molecule is CC(C)(CCO)CCSc1cnc[nH]1. The average molecular weight is 214 g/mol. The molecular weight excluding hydrogens is 196 g/mol. The highest BCUT2D eigenvalue weighted by Crippen LogP contribution is 2.28. The first-order chi connectivity index (χ1) is 6.64. The van der Waals surface area contributed by atoms with Crippen molar-refractivity contribution in [1.82, 2.24) is 9.97 Å². The van der Waals surface area contributed by atoms with E-state index in [1.807, 2.05) is 6.20 Å². The summed E-state index contributed by atoms with van der Waals surface area (Å²) in [5.74, 6) is 1.06. The van der Waals surface area contributed by atoms with E-state index in [4.69, 9.17) is 5.11 Å². The van der Waals surface area contributed by atoms with E-state index in [0.29, 0.717) is 0 Å². The number of aliphatic hydroxyl groups is 1. The number of imidazole rings is 1. The van der Waals surface area contributed by atoms with Crippen LogP contribution in [0.5, 0.6) is 0 Å². The van der Waals surface area contributed by atoms with E-state index in [-0.39, 0.29) is 12.0 Å². The van der Waals surface area contributed by atoms with Crippen molar-refractivity contribution in [2.24, 2.45) is 5.41 Å². The monoisotopic (exact) mass is 214 g/mol. The minimum Gasteiger partial charge on any atom is -0.396 e. The van der Waals surface area contributed by atoms with Gasteiger partial charge in [0, 0.05) is 6.61 Å². The second kappa shape index (κ2) is 5.41. The Labute approximate surface area is 89.3 Å². The van der Waals surface area contributed by atoms with Crippen molar-refractivity contribution in [2.45, 2.75) is 31.7 Å². The fourth-order valence-corrected chi connectivity index (χ4v) is 2.33. The molecule has 0 aromatic carbocycles. The van der Waals surface area contributed by atoms with Crippen LogP contribution < -0.4 is 0 Å². The fraction of sp³-hybridized carbons (Fsp3) is 0.700. The van der Waals surface area contributed by atoms with Gasteiger partial charge >= 0.3 is 0 Å². The van der Waals surface area contributed by atoms with Crippen LogP contribution in [-0.2, 0) is 0 Å². The zero-order valence-electron chi connectivity index (χ0n) is 8.79. The third kappa shape index (κ3) is 4.15. The van der Waals surface area contributed by atoms with Crippen LogP contribution in [0.4, 0.5) is 0 Å². The standard InChI is InChI=1S/C10H18N2OS/c1-10(2,3-5-13)4-6-14-9-7-11-8-12-9/h7-8,13H,3-6H2,1-2H3,(H,11,12). The summed E-state index contributed by atoms with van der Waals surface area (Å²) >= 11 is 1.78. The van der Waals surface area contributed by atoms with E-state index in [2.05, 4.69) is 23.8 Å². The lowest BCUT2D eigenvalue weighted by molar-refractivity contribution is 0.208. The molecule has 80 valence electrons. The topological polar surface area (TPSA) is 48.9 Å². The molecule has 1 heterocycles. The van der Waals surface area contributed by atoms with Crippen LogP contribution in [0, 0.1) is 5.41 Å². The predicted molar refractivity (Wildman–Crippen MR) is 59.4 cm³/mol. The molecule has 0 bridgehead atoms. The van der Waals surface area contributed by atoms with Gasteiger partial charge in [-0.3, -0.25) is 0 Å². The van der Waals surface area contributed by atoms with E-state index in [0.717, 1.165) is 23.6 Å². The number of rotatable bonds is 6. The van der Waals surface area contributed by atoms with Crippen molar-refractivity contribution in [2.75, 3.05) is 12.4 Å². The number of H-pyrrole nitrogens is 1. The first-order valence-corrected chi connectivity index (χ1v) is 5.85. The van der Waals surface area contributed by atoms with Crippen LogP contribution in [0.1, 0.15) is 26.7 Å². The maximum absolute atomic E-state index is 8.86. The van der Waals surface area contributed by atoms with Crippen molar-refractivity contribution >= 4 is 11.8 Å². The lowest BCUT2D eigenvalue weighted by atomic mass is 9.87. The third-order valence-corrected chi connectivity index (χ3v) is 3.24. The maximum Gasteiger partial charge on any atom is 0.0928 e. The van der Waals surface area contributed by atoms with Gasteiger partial charge in [0.2, 0.25) is 0 Å². The molecule has 14 heavy (non-hydrogen) atoms. The van der Waals surface area contributed by atoms with Crippen molar-refractivity contribution in [3.63, 3.8) is 0 Å². The van der Waals surface area contributed by atoms with Crippen LogP contribution in [0.3, 0.4) is 0 Å². The first-order valence-electron chi connectivity index (χ1n) is 4.86. The number of aliphatic hydroxyl groups excluding tert-OH is 1. The lowest BCUT2D eigenvalue weighted by Gasteiger charge is -2.22. The quantitative estimate of drug-likeness (QED) is 0.714. The highest BCUT2D eigenvalue weighted by Gasteiger charge is 2.16. The van der Waals surface area contributed by atoms with Crippen molar-refractivity contribution in [1.29, 1.82) is 0 Å². The Kier molecular flexibility index (Phi) is 4.48. The molecule has 3 nitrogen and oxygen atoms in total. The molecule has 0 amide bonds. The van der Waals surface area contributed by atoms with Crippen LogP contribution in [0.15, 0.2) is 17.6 Å². The molecule has 0 aliphatic carbocycles. The zero-order valence-corrected chi connectivity index (χ0v) is 9.60. The first kappa shape index (κ1) is 11.6. The molecule has 0 atom stereocenters. The van der Waals surface area contributed by atoms with Gasteiger partial charge in [0.15, 0.2) is 0 Å². The van der Waals surface area contributed by atoms with Crippen LogP contribution in [-0.4, -0.2) is 27.4 Å². The summed E-state index contributed by atoms with van der Waals surface area (Å²) < 4.78 is 0. The average Bonchev–Trinajstić information content (AvgIpc) is 2.56. The van der Waals surface area contributed by atoms with Gasteiger partial charge in [0.25, 0.3) is 0 Å². The van der Waals surface area contributed by atoms with E-state index in [9.17, 15) is 0 Å². The molecule has 0 saturated heterocycles. The number of aromatic nitrogens is 2. The summed E-state index contributed by atoms with van der Waals surface area (Å²) in [5.41, 5.74) is 0.238. The molecule has 0 fully saturated rings. The molecular formula is C10H18N2OS. The van der Waals surface area contributed by atoms with E-state index in [1.54, 1.807) is 18.1 Å². The molecule has 0 unspecified atom stereocenters. The Morgan fingerprint density at radius 2 is 2.29 bits per heavy atom. The minimum atomic E-state index is 0.238. The summed E-state index contributed by atoms with van der Waals surface area (Å²) in [7, 11) is 0. The van der Waals surface area contributed by atoms with Gasteiger partial charge in [-0.05, 0) is 24.0 Å². The number of nitrogens with one attached hydrogen (secondary N) is 1. The van der Waals surface area contributed by atoms with E-state index < -0.39 is 0 Å². The molecule has 0 aliphatic heterocycles. The smallest absolute Gasteiger partial charge is 0.0928 e. The summed E-state index contributed by atoms with van der Waals surface area (Å²) in [6, 6.07) is 0. The van der Waals surface area contributed by atoms with Gasteiger partial charge in [0.05, 0.1) is 17.6 Å². The second-order valence-electron chi connectivity index (χ2n) is 4.15. The summed E-state index contributed by atoms with van der Waals surface area (Å²) in [4.78, 5) is 7.02. The molecule has 0 aliphatic rings. The van der Waals surface area contributed by atoms with Crippen LogP contribution in [0.2, 0.25) is 0 Å². The second-order valence-corrected chi connectivity index (χ2v) is 5.29. The third-order valence-electron chi connectivity index (χ3n) is 2.30. The molecule has 0 spiro atoms. The highest BCUT2D eigenvalue weighted by molar-refractivity contribution is 7.99. The van der Waals surface area contributed by atoms with Gasteiger partial charge in [-0.25, -0.2) is 4.98 Å². The number of thioether (sulfide) groups is 1. The summed E-state index contributed by atoms with van der Waals surface area (Å²) in [6.45, 7) is 4.66. The molecule has 2 N–H and O–H groups in total. The van der Waals surface area contributed by atoms with Crippen LogP contribution >= 0.6 is 11.8 Å². The number of nitrogens with zero attached hydrogens (tertiary/aromatic N) is 1. The number of hydrogen-bond acceptors (Lipinski definition) is 3. The Bertz CT molecular complexity index is 247. The molecule has 1 rings (SSSR count). The minimum absolute atomic E-state index is 0.238. The number of aromatic amines is 1. The molecule has 4 heteroatoms. The highest BCUT2D eigenvalue weighted by atomic mass is 32.2. The molecule has 0 saturated carbocycles. The Morgan fingerprint density at radius 3 is 2.86 bits per heavy atom. The van der Waals surface area contributed by atoms with Crippen molar-refractivity contribution in [3.8, 4) is 0 Å².